The summed E-state index contributed by atoms with van der Waals surface area (Å²) in [6.07, 6.45) is 22.5. The topological polar surface area (TPSA) is 0 Å². The summed E-state index contributed by atoms with van der Waals surface area (Å²) in [5.74, 6) is 1.97. The van der Waals surface area contributed by atoms with Crippen LogP contribution in [0, 0.1) is 17.3 Å². The second-order valence-corrected chi connectivity index (χ2v) is 8.11. The number of hydrogen-bond donors (Lipinski definition) is 0. The molecule has 0 aromatic rings. The van der Waals surface area contributed by atoms with E-state index < -0.39 is 0 Å². The zero-order valence-corrected chi connectivity index (χ0v) is 14.3. The predicted molar refractivity (Wildman–Crippen MR) is 90.0 cm³/mol. The molecule has 0 N–H and O–H groups in total. The van der Waals surface area contributed by atoms with Gasteiger partial charge in [0, 0.05) is 0 Å². The van der Waals surface area contributed by atoms with Gasteiger partial charge < -0.3 is 0 Å². The van der Waals surface area contributed by atoms with Crippen LogP contribution in [0.25, 0.3) is 0 Å². The van der Waals surface area contributed by atoms with E-state index in [0.717, 1.165) is 11.8 Å². The molecule has 2 fully saturated rings. The Bertz CT molecular complexity index is 247. The van der Waals surface area contributed by atoms with Crippen molar-refractivity contribution in [2.75, 3.05) is 0 Å². The van der Waals surface area contributed by atoms with Gasteiger partial charge in [0.1, 0.15) is 0 Å². The molecular formula is C20H38. The average molecular weight is 279 g/mol. The predicted octanol–water partition coefficient (Wildman–Crippen LogP) is 7.12. The van der Waals surface area contributed by atoms with Crippen molar-refractivity contribution < 1.29 is 0 Å². The second kappa shape index (κ2) is 8.44. The molecule has 0 heterocycles. The van der Waals surface area contributed by atoms with Crippen molar-refractivity contribution in [3.63, 3.8) is 0 Å². The number of hydrogen-bond acceptors (Lipinski definition) is 0. The van der Waals surface area contributed by atoms with Crippen LogP contribution in [0.4, 0.5) is 0 Å². The summed E-state index contributed by atoms with van der Waals surface area (Å²) >= 11 is 0. The zero-order valence-electron chi connectivity index (χ0n) is 14.3. The summed E-state index contributed by atoms with van der Waals surface area (Å²) in [6, 6.07) is 0. The van der Waals surface area contributed by atoms with Gasteiger partial charge in [-0.3, -0.25) is 0 Å². The second-order valence-electron chi connectivity index (χ2n) is 8.11. The highest BCUT2D eigenvalue weighted by atomic mass is 14.4. The smallest absolute Gasteiger partial charge is 0.0272 e. The van der Waals surface area contributed by atoms with Crippen molar-refractivity contribution in [2.24, 2.45) is 17.3 Å². The normalized spacial score (nSPS) is 36.0. The average Bonchev–Trinajstić information content (AvgIpc) is 2.63. The van der Waals surface area contributed by atoms with E-state index in [9.17, 15) is 0 Å². The Kier molecular flexibility index (Phi) is 6.91. The molecule has 2 atom stereocenters. The molecule has 0 aromatic carbocycles. The Morgan fingerprint density at radius 3 is 1.65 bits per heavy atom. The Balaban J connectivity index is 2.04. The van der Waals surface area contributed by atoms with Crippen LogP contribution in [0.5, 0.6) is 0 Å². The summed E-state index contributed by atoms with van der Waals surface area (Å²) in [4.78, 5) is 0. The molecule has 0 spiro atoms. The SMILES string of the molecule is CC1CCCCCCCC1(C)C1CCCCCCCC1. The van der Waals surface area contributed by atoms with Crippen LogP contribution in [0.15, 0.2) is 0 Å². The molecule has 0 nitrogen and oxygen atoms in total. The van der Waals surface area contributed by atoms with Crippen LogP contribution in [0.3, 0.4) is 0 Å². The van der Waals surface area contributed by atoms with Gasteiger partial charge in [-0.15, -0.1) is 0 Å². The lowest BCUT2D eigenvalue weighted by molar-refractivity contribution is 0.0663. The fourth-order valence-corrected chi connectivity index (χ4v) is 4.96. The van der Waals surface area contributed by atoms with Gasteiger partial charge in [0.05, 0.1) is 0 Å². The van der Waals surface area contributed by atoms with Gasteiger partial charge >= 0.3 is 0 Å². The van der Waals surface area contributed by atoms with E-state index in [0.29, 0.717) is 5.41 Å². The zero-order chi connectivity index (χ0) is 14.3. The molecule has 0 radical (unpaired) electrons. The Morgan fingerprint density at radius 2 is 1.05 bits per heavy atom. The Hall–Kier alpha value is 0. The molecule has 0 aromatic heterocycles. The minimum Gasteiger partial charge on any atom is -0.0620 e. The fraction of sp³-hybridized carbons (Fsp3) is 1.00. The molecule has 2 saturated carbocycles. The number of rotatable bonds is 1. The van der Waals surface area contributed by atoms with Crippen LogP contribution >= 0.6 is 0 Å². The standard InChI is InChI=1S/C20H38/c1-18-14-10-6-5-9-13-17-20(18,2)19-15-11-7-3-4-8-12-16-19/h18-19H,3-17H2,1-2H3. The maximum absolute atomic E-state index is 2.67. The summed E-state index contributed by atoms with van der Waals surface area (Å²) in [7, 11) is 0. The van der Waals surface area contributed by atoms with E-state index in [1.54, 1.807) is 0 Å². The molecule has 2 unspecified atom stereocenters. The monoisotopic (exact) mass is 278 g/mol. The first kappa shape index (κ1) is 16.4. The van der Waals surface area contributed by atoms with Gasteiger partial charge in [-0.2, -0.15) is 0 Å². The molecule has 0 amide bonds. The van der Waals surface area contributed by atoms with Gasteiger partial charge in [-0.25, -0.2) is 0 Å². The van der Waals surface area contributed by atoms with E-state index in [2.05, 4.69) is 13.8 Å². The third kappa shape index (κ3) is 4.50. The van der Waals surface area contributed by atoms with E-state index in [-0.39, 0.29) is 0 Å². The van der Waals surface area contributed by atoms with E-state index in [1.807, 2.05) is 0 Å². The highest BCUT2D eigenvalue weighted by Crippen LogP contribution is 2.48. The van der Waals surface area contributed by atoms with E-state index in [1.165, 1.54) is 96.3 Å². The van der Waals surface area contributed by atoms with Crippen molar-refractivity contribution in [3.8, 4) is 0 Å². The maximum atomic E-state index is 2.67. The molecule has 2 aliphatic carbocycles. The van der Waals surface area contributed by atoms with Crippen LogP contribution in [-0.2, 0) is 0 Å². The minimum atomic E-state index is 0.648. The molecule has 0 saturated heterocycles. The highest BCUT2D eigenvalue weighted by molar-refractivity contribution is 4.88. The molecular weight excluding hydrogens is 240 g/mol. The molecule has 20 heavy (non-hydrogen) atoms. The van der Waals surface area contributed by atoms with Crippen molar-refractivity contribution in [1.29, 1.82) is 0 Å². The van der Waals surface area contributed by atoms with Gasteiger partial charge in [0.15, 0.2) is 0 Å². The van der Waals surface area contributed by atoms with E-state index >= 15 is 0 Å². The molecule has 2 aliphatic rings. The lowest BCUT2D eigenvalue weighted by atomic mass is 9.62. The maximum Gasteiger partial charge on any atom is -0.0272 e. The van der Waals surface area contributed by atoms with Crippen molar-refractivity contribution in [1.82, 2.24) is 0 Å². The first-order valence-corrected chi connectivity index (χ1v) is 9.73. The molecule has 118 valence electrons. The molecule has 0 aliphatic heterocycles. The summed E-state index contributed by atoms with van der Waals surface area (Å²) in [5, 5.41) is 0. The van der Waals surface area contributed by atoms with Gasteiger partial charge in [0.2, 0.25) is 0 Å². The minimum absolute atomic E-state index is 0.648. The first-order valence-electron chi connectivity index (χ1n) is 9.73. The molecule has 0 heteroatoms. The highest BCUT2D eigenvalue weighted by Gasteiger charge is 2.37. The van der Waals surface area contributed by atoms with Crippen LogP contribution < -0.4 is 0 Å². The summed E-state index contributed by atoms with van der Waals surface area (Å²) in [6.45, 7) is 5.25. The van der Waals surface area contributed by atoms with Gasteiger partial charge in [0.25, 0.3) is 0 Å². The lowest BCUT2D eigenvalue weighted by Gasteiger charge is -2.43. The summed E-state index contributed by atoms with van der Waals surface area (Å²) in [5.41, 5.74) is 0.648. The van der Waals surface area contributed by atoms with Crippen LogP contribution in [-0.4, -0.2) is 0 Å². The first-order chi connectivity index (χ1) is 9.73. The van der Waals surface area contributed by atoms with Crippen LogP contribution in [0.1, 0.15) is 110 Å². The largest absolute Gasteiger partial charge is 0.0620 e. The summed E-state index contributed by atoms with van der Waals surface area (Å²) < 4.78 is 0. The van der Waals surface area contributed by atoms with Crippen molar-refractivity contribution in [3.05, 3.63) is 0 Å². The lowest BCUT2D eigenvalue weighted by Crippen LogP contribution is -2.34. The third-order valence-corrected chi connectivity index (χ3v) is 6.77. The van der Waals surface area contributed by atoms with Crippen molar-refractivity contribution >= 4 is 0 Å². The van der Waals surface area contributed by atoms with Gasteiger partial charge in [-0.1, -0.05) is 90.9 Å². The van der Waals surface area contributed by atoms with E-state index in [4.69, 9.17) is 0 Å². The third-order valence-electron chi connectivity index (χ3n) is 6.77. The Morgan fingerprint density at radius 1 is 0.600 bits per heavy atom. The fourth-order valence-electron chi connectivity index (χ4n) is 4.96. The quantitative estimate of drug-likeness (QED) is 0.479. The van der Waals surface area contributed by atoms with Crippen molar-refractivity contribution in [2.45, 2.75) is 110 Å². The van der Waals surface area contributed by atoms with Gasteiger partial charge in [-0.05, 0) is 36.5 Å². The molecule has 2 rings (SSSR count). The molecule has 0 bridgehead atoms. The Labute approximate surface area is 128 Å². The van der Waals surface area contributed by atoms with Crippen LogP contribution in [0.2, 0.25) is 0 Å².